The third-order valence-corrected chi connectivity index (χ3v) is 3.06. The number of rotatable bonds is 4. The first-order chi connectivity index (χ1) is 9.24. The van der Waals surface area contributed by atoms with Crippen molar-refractivity contribution in [2.75, 3.05) is 0 Å². The summed E-state index contributed by atoms with van der Waals surface area (Å²) in [6.45, 7) is 0.452. The molecule has 1 aliphatic rings. The second-order valence-corrected chi connectivity index (χ2v) is 4.70. The Hall–Kier alpha value is -2.14. The van der Waals surface area contributed by atoms with Crippen molar-refractivity contribution < 1.29 is 4.74 Å². The summed E-state index contributed by atoms with van der Waals surface area (Å²) in [5.41, 5.74) is 6.38. The van der Waals surface area contributed by atoms with Gasteiger partial charge in [0.25, 0.3) is 5.56 Å². The second-order valence-electron chi connectivity index (χ2n) is 4.70. The van der Waals surface area contributed by atoms with Gasteiger partial charge in [0.05, 0.1) is 6.07 Å². The van der Waals surface area contributed by atoms with Gasteiger partial charge in [-0.05, 0) is 30.5 Å². The monoisotopic (exact) mass is 257 g/mol. The van der Waals surface area contributed by atoms with Crippen LogP contribution in [0.25, 0.3) is 0 Å². The van der Waals surface area contributed by atoms with Crippen molar-refractivity contribution in [2.45, 2.75) is 25.3 Å². The minimum atomic E-state index is -0.179. The molecule has 1 aliphatic carbocycles. The summed E-state index contributed by atoms with van der Waals surface area (Å²) in [5, 5.41) is 0. The van der Waals surface area contributed by atoms with E-state index in [0.717, 1.165) is 24.2 Å². The maximum Gasteiger partial charge on any atom is 0.254 e. The van der Waals surface area contributed by atoms with Crippen molar-refractivity contribution in [1.82, 2.24) is 9.97 Å². The van der Waals surface area contributed by atoms with Gasteiger partial charge in [0.2, 0.25) is 5.88 Å². The molecule has 0 unspecified atom stereocenters. The van der Waals surface area contributed by atoms with E-state index in [0.29, 0.717) is 24.1 Å². The van der Waals surface area contributed by atoms with Crippen LogP contribution in [0.15, 0.2) is 35.1 Å². The van der Waals surface area contributed by atoms with Crippen LogP contribution in [0.1, 0.15) is 30.1 Å². The van der Waals surface area contributed by atoms with Gasteiger partial charge in [0.15, 0.2) is 0 Å². The maximum absolute atomic E-state index is 11.6. The van der Waals surface area contributed by atoms with Gasteiger partial charge in [0.1, 0.15) is 11.6 Å². The molecule has 1 fully saturated rings. The Balaban J connectivity index is 1.87. The van der Waals surface area contributed by atoms with Crippen molar-refractivity contribution in [3.05, 3.63) is 52.1 Å². The van der Waals surface area contributed by atoms with Crippen molar-refractivity contribution in [3.63, 3.8) is 0 Å². The number of nitrogens with zero attached hydrogens (tertiary/aromatic N) is 1. The largest absolute Gasteiger partial charge is 0.439 e. The third kappa shape index (κ3) is 2.82. The predicted molar refractivity (Wildman–Crippen MR) is 71.2 cm³/mol. The highest BCUT2D eigenvalue weighted by atomic mass is 16.5. The molecule has 2 aromatic rings. The van der Waals surface area contributed by atoms with Crippen molar-refractivity contribution >= 4 is 0 Å². The van der Waals surface area contributed by atoms with E-state index < -0.39 is 0 Å². The molecule has 0 bridgehead atoms. The topological polar surface area (TPSA) is 81.0 Å². The van der Waals surface area contributed by atoms with E-state index >= 15 is 0 Å². The van der Waals surface area contributed by atoms with E-state index in [1.54, 1.807) is 0 Å². The van der Waals surface area contributed by atoms with E-state index in [4.69, 9.17) is 10.5 Å². The highest BCUT2D eigenvalue weighted by Crippen LogP contribution is 2.38. The number of hydrogen-bond donors (Lipinski definition) is 2. The first-order valence-corrected chi connectivity index (χ1v) is 6.33. The normalized spacial score (nSPS) is 14.4. The van der Waals surface area contributed by atoms with Gasteiger partial charge in [-0.25, -0.2) is 0 Å². The van der Waals surface area contributed by atoms with E-state index in [1.165, 1.54) is 6.07 Å². The molecule has 0 amide bonds. The summed E-state index contributed by atoms with van der Waals surface area (Å²) < 4.78 is 5.63. The average molecular weight is 257 g/mol. The predicted octanol–water partition coefficient (Wildman–Crippen LogP) is 1.90. The average Bonchev–Trinajstić information content (AvgIpc) is 3.22. The number of ether oxygens (including phenoxy) is 1. The molecule has 3 N–H and O–H groups in total. The lowest BCUT2D eigenvalue weighted by atomic mass is 10.2. The summed E-state index contributed by atoms with van der Waals surface area (Å²) in [6.07, 6.45) is 2.16. The van der Waals surface area contributed by atoms with Gasteiger partial charge < -0.3 is 15.5 Å². The molecular formula is C14H15N3O2. The number of hydrogen-bond acceptors (Lipinski definition) is 4. The smallest absolute Gasteiger partial charge is 0.254 e. The minimum absolute atomic E-state index is 0.179. The zero-order valence-electron chi connectivity index (χ0n) is 10.4. The number of benzene rings is 1. The van der Waals surface area contributed by atoms with E-state index in [1.807, 2.05) is 24.3 Å². The molecule has 0 saturated heterocycles. The molecule has 5 nitrogen and oxygen atoms in total. The quantitative estimate of drug-likeness (QED) is 0.876. The molecule has 1 heterocycles. The molecule has 1 aromatic heterocycles. The lowest BCUT2D eigenvalue weighted by molar-refractivity contribution is 0.457. The number of aromatic amines is 1. The zero-order chi connectivity index (χ0) is 13.2. The van der Waals surface area contributed by atoms with E-state index in [-0.39, 0.29) is 5.56 Å². The van der Waals surface area contributed by atoms with Gasteiger partial charge in [-0.1, -0.05) is 12.1 Å². The lowest BCUT2D eigenvalue weighted by Crippen LogP contribution is -2.10. The Labute approximate surface area is 110 Å². The third-order valence-electron chi connectivity index (χ3n) is 3.06. The fourth-order valence-electron chi connectivity index (χ4n) is 1.91. The Kier molecular flexibility index (Phi) is 3.05. The number of nitrogens with one attached hydrogen (secondary N) is 1. The summed E-state index contributed by atoms with van der Waals surface area (Å²) in [6, 6.07) is 8.82. The standard InChI is InChI=1S/C14H15N3O2/c15-8-9-2-1-3-11(6-9)19-13-7-12(18)16-14(17-13)10-4-5-10/h1-3,6-7,10H,4-5,8,15H2,(H,16,17,18). The number of H-pyrrole nitrogens is 1. The summed E-state index contributed by atoms with van der Waals surface area (Å²) >= 11 is 0. The van der Waals surface area contributed by atoms with Crippen LogP contribution in [-0.2, 0) is 6.54 Å². The Morgan fingerprint density at radius 3 is 2.95 bits per heavy atom. The van der Waals surface area contributed by atoms with Crippen molar-refractivity contribution in [2.24, 2.45) is 5.73 Å². The zero-order valence-corrected chi connectivity index (χ0v) is 10.4. The number of nitrogens with two attached hydrogens (primary N) is 1. The highest BCUT2D eigenvalue weighted by Gasteiger charge is 2.26. The Morgan fingerprint density at radius 1 is 1.37 bits per heavy atom. The van der Waals surface area contributed by atoms with Crippen molar-refractivity contribution in [1.29, 1.82) is 0 Å². The van der Waals surface area contributed by atoms with Crippen LogP contribution in [0.3, 0.4) is 0 Å². The SMILES string of the molecule is NCc1cccc(Oc2cc(=O)[nH]c(C3CC3)n2)c1. The molecule has 98 valence electrons. The summed E-state index contributed by atoms with van der Waals surface area (Å²) in [7, 11) is 0. The van der Waals surface area contributed by atoms with Crippen LogP contribution in [0.2, 0.25) is 0 Å². The molecule has 1 saturated carbocycles. The van der Waals surface area contributed by atoms with Gasteiger partial charge in [-0.3, -0.25) is 4.79 Å². The molecule has 0 atom stereocenters. The van der Waals surface area contributed by atoms with E-state index in [2.05, 4.69) is 9.97 Å². The van der Waals surface area contributed by atoms with Crippen LogP contribution in [0, 0.1) is 0 Å². The lowest BCUT2D eigenvalue weighted by Gasteiger charge is -2.07. The van der Waals surface area contributed by atoms with Crippen LogP contribution in [-0.4, -0.2) is 9.97 Å². The maximum atomic E-state index is 11.6. The van der Waals surface area contributed by atoms with Crippen LogP contribution < -0.4 is 16.0 Å². The Morgan fingerprint density at radius 2 is 2.21 bits per heavy atom. The fourth-order valence-corrected chi connectivity index (χ4v) is 1.91. The summed E-state index contributed by atoms with van der Waals surface area (Å²) in [5.74, 6) is 2.08. The first-order valence-electron chi connectivity index (χ1n) is 6.33. The fraction of sp³-hybridized carbons (Fsp3) is 0.286. The molecule has 5 heteroatoms. The van der Waals surface area contributed by atoms with Gasteiger partial charge in [-0.2, -0.15) is 4.98 Å². The van der Waals surface area contributed by atoms with Gasteiger partial charge in [0, 0.05) is 12.5 Å². The van der Waals surface area contributed by atoms with Gasteiger partial charge >= 0.3 is 0 Å². The van der Waals surface area contributed by atoms with Crippen LogP contribution in [0.4, 0.5) is 0 Å². The molecule has 19 heavy (non-hydrogen) atoms. The summed E-state index contributed by atoms with van der Waals surface area (Å²) in [4.78, 5) is 18.6. The van der Waals surface area contributed by atoms with Crippen LogP contribution >= 0.6 is 0 Å². The van der Waals surface area contributed by atoms with Crippen LogP contribution in [0.5, 0.6) is 11.6 Å². The molecule has 3 rings (SSSR count). The Bertz CT molecular complexity index is 647. The van der Waals surface area contributed by atoms with Crippen molar-refractivity contribution in [3.8, 4) is 11.6 Å². The first kappa shape index (κ1) is 11.9. The molecule has 0 aliphatic heterocycles. The molecular weight excluding hydrogens is 242 g/mol. The number of aromatic nitrogens is 2. The minimum Gasteiger partial charge on any atom is -0.439 e. The highest BCUT2D eigenvalue weighted by molar-refractivity contribution is 5.31. The molecule has 0 radical (unpaired) electrons. The van der Waals surface area contributed by atoms with E-state index in [9.17, 15) is 4.79 Å². The molecule has 1 aromatic carbocycles. The molecule has 0 spiro atoms. The second kappa shape index (κ2) is 4.85. The van der Waals surface area contributed by atoms with Gasteiger partial charge in [-0.15, -0.1) is 0 Å².